The second-order valence-electron chi connectivity index (χ2n) is 4.97. The fourth-order valence-corrected chi connectivity index (χ4v) is 2.76. The second kappa shape index (κ2) is 5.65. The predicted octanol–water partition coefficient (Wildman–Crippen LogP) is 2.52. The maximum Gasteiger partial charge on any atom is 0.0475 e. The zero-order valence-electron chi connectivity index (χ0n) is 11.0. The Morgan fingerprint density at radius 2 is 1.82 bits per heavy atom. The van der Waals surface area contributed by atoms with E-state index in [0.717, 1.165) is 39.0 Å². The number of nitrogens with one attached hydrogen (secondary N) is 1. The van der Waals surface area contributed by atoms with E-state index >= 15 is 0 Å². The van der Waals surface area contributed by atoms with E-state index in [4.69, 9.17) is 4.74 Å². The van der Waals surface area contributed by atoms with Gasteiger partial charge in [-0.1, -0.05) is 31.2 Å². The topological polar surface area (TPSA) is 21.3 Å². The molecule has 1 N–H and O–H groups in total. The average Bonchev–Trinajstić information content (AvgIpc) is 2.40. The molecule has 0 atom stereocenters. The molecule has 1 fully saturated rings. The molecule has 1 saturated heterocycles. The average molecular weight is 233 g/mol. The molecule has 0 aromatic heterocycles. The van der Waals surface area contributed by atoms with E-state index in [1.54, 1.807) is 0 Å². The van der Waals surface area contributed by atoms with Crippen molar-refractivity contribution in [3.63, 3.8) is 0 Å². The van der Waals surface area contributed by atoms with Crippen LogP contribution >= 0.6 is 0 Å². The standard InChI is InChI=1S/C15H23NO/c1-3-13-4-6-14(7-5-13)15(12-16-2)8-10-17-11-9-15/h4-7,16H,3,8-12H2,1-2H3. The van der Waals surface area contributed by atoms with Crippen molar-refractivity contribution in [3.05, 3.63) is 35.4 Å². The van der Waals surface area contributed by atoms with Gasteiger partial charge in [0.25, 0.3) is 0 Å². The molecule has 1 aliphatic heterocycles. The van der Waals surface area contributed by atoms with Crippen molar-refractivity contribution in [2.75, 3.05) is 26.8 Å². The summed E-state index contributed by atoms with van der Waals surface area (Å²) in [5.41, 5.74) is 3.16. The summed E-state index contributed by atoms with van der Waals surface area (Å²) in [6, 6.07) is 9.15. The number of likely N-dealkylation sites (N-methyl/N-ethyl adjacent to an activating group) is 1. The first kappa shape index (κ1) is 12.6. The molecular formula is C15H23NO. The van der Waals surface area contributed by atoms with E-state index in [0.29, 0.717) is 0 Å². The molecule has 0 saturated carbocycles. The van der Waals surface area contributed by atoms with E-state index in [1.807, 2.05) is 7.05 Å². The molecule has 1 aliphatic rings. The van der Waals surface area contributed by atoms with Crippen LogP contribution in [-0.4, -0.2) is 26.8 Å². The largest absolute Gasteiger partial charge is 0.381 e. The Kier molecular flexibility index (Phi) is 4.19. The van der Waals surface area contributed by atoms with E-state index in [-0.39, 0.29) is 5.41 Å². The van der Waals surface area contributed by atoms with Crippen LogP contribution in [0, 0.1) is 0 Å². The molecule has 2 nitrogen and oxygen atoms in total. The third-order valence-electron chi connectivity index (χ3n) is 3.94. The van der Waals surface area contributed by atoms with Crippen LogP contribution in [0.15, 0.2) is 24.3 Å². The molecule has 1 heterocycles. The third kappa shape index (κ3) is 2.70. The lowest BCUT2D eigenvalue weighted by atomic mass is 9.74. The van der Waals surface area contributed by atoms with Gasteiger partial charge >= 0.3 is 0 Å². The third-order valence-corrected chi connectivity index (χ3v) is 3.94. The van der Waals surface area contributed by atoms with Gasteiger partial charge in [-0.2, -0.15) is 0 Å². The Hall–Kier alpha value is -0.860. The van der Waals surface area contributed by atoms with Gasteiger partial charge in [-0.15, -0.1) is 0 Å². The molecule has 1 aromatic carbocycles. The smallest absolute Gasteiger partial charge is 0.0475 e. The van der Waals surface area contributed by atoms with Crippen LogP contribution in [-0.2, 0) is 16.6 Å². The van der Waals surface area contributed by atoms with Crippen LogP contribution in [0.25, 0.3) is 0 Å². The van der Waals surface area contributed by atoms with Gasteiger partial charge in [0.05, 0.1) is 0 Å². The highest BCUT2D eigenvalue weighted by molar-refractivity contribution is 5.30. The molecule has 0 unspecified atom stereocenters. The van der Waals surface area contributed by atoms with Crippen LogP contribution in [0.2, 0.25) is 0 Å². The van der Waals surface area contributed by atoms with Gasteiger partial charge in [-0.3, -0.25) is 0 Å². The van der Waals surface area contributed by atoms with Gasteiger partial charge in [-0.05, 0) is 37.4 Å². The molecule has 94 valence electrons. The summed E-state index contributed by atoms with van der Waals surface area (Å²) in [6.07, 6.45) is 3.36. The highest BCUT2D eigenvalue weighted by atomic mass is 16.5. The Morgan fingerprint density at radius 3 is 2.35 bits per heavy atom. The predicted molar refractivity (Wildman–Crippen MR) is 71.5 cm³/mol. The highest BCUT2D eigenvalue weighted by Crippen LogP contribution is 2.34. The molecule has 17 heavy (non-hydrogen) atoms. The summed E-state index contributed by atoms with van der Waals surface area (Å²) in [4.78, 5) is 0. The Bertz CT molecular complexity index is 333. The van der Waals surface area contributed by atoms with Crippen LogP contribution in [0.4, 0.5) is 0 Å². The molecule has 2 heteroatoms. The van der Waals surface area contributed by atoms with E-state index in [1.165, 1.54) is 11.1 Å². The van der Waals surface area contributed by atoms with Gasteiger partial charge in [-0.25, -0.2) is 0 Å². The zero-order chi connectivity index (χ0) is 12.1. The summed E-state index contributed by atoms with van der Waals surface area (Å²) in [7, 11) is 2.04. The maximum atomic E-state index is 5.51. The normalized spacial score (nSPS) is 19.2. The molecule has 0 bridgehead atoms. The maximum absolute atomic E-state index is 5.51. The van der Waals surface area contributed by atoms with Gasteiger partial charge in [0, 0.05) is 25.2 Å². The minimum Gasteiger partial charge on any atom is -0.381 e. The lowest BCUT2D eigenvalue weighted by Crippen LogP contribution is -2.41. The van der Waals surface area contributed by atoms with Crippen molar-refractivity contribution >= 4 is 0 Å². The zero-order valence-corrected chi connectivity index (χ0v) is 11.0. The quantitative estimate of drug-likeness (QED) is 0.863. The number of ether oxygens (including phenoxy) is 1. The summed E-state index contributed by atoms with van der Waals surface area (Å²) in [6.45, 7) is 5.02. The van der Waals surface area contributed by atoms with E-state index < -0.39 is 0 Å². The SMILES string of the molecule is CCc1ccc(C2(CNC)CCOCC2)cc1. The van der Waals surface area contributed by atoms with Crippen molar-refractivity contribution < 1.29 is 4.74 Å². The van der Waals surface area contributed by atoms with E-state index in [9.17, 15) is 0 Å². The van der Waals surface area contributed by atoms with Crippen molar-refractivity contribution in [3.8, 4) is 0 Å². The Labute approximate surface area is 104 Å². The molecular weight excluding hydrogens is 210 g/mol. The minimum atomic E-state index is 0.277. The van der Waals surface area contributed by atoms with Crippen LogP contribution in [0.1, 0.15) is 30.9 Å². The van der Waals surface area contributed by atoms with Gasteiger partial charge in [0.2, 0.25) is 0 Å². The van der Waals surface area contributed by atoms with Crippen molar-refractivity contribution in [1.82, 2.24) is 5.32 Å². The molecule has 1 aromatic rings. The molecule has 2 rings (SSSR count). The Balaban J connectivity index is 2.24. The van der Waals surface area contributed by atoms with Gasteiger partial charge in [0.1, 0.15) is 0 Å². The number of rotatable bonds is 4. The fourth-order valence-electron chi connectivity index (χ4n) is 2.76. The number of hydrogen-bond donors (Lipinski definition) is 1. The monoisotopic (exact) mass is 233 g/mol. The van der Waals surface area contributed by atoms with Crippen LogP contribution in [0.5, 0.6) is 0 Å². The number of aryl methyl sites for hydroxylation is 1. The lowest BCUT2D eigenvalue weighted by molar-refractivity contribution is 0.0506. The first-order chi connectivity index (χ1) is 8.30. The van der Waals surface area contributed by atoms with Crippen molar-refractivity contribution in [2.24, 2.45) is 0 Å². The minimum absolute atomic E-state index is 0.277. The van der Waals surface area contributed by atoms with Crippen LogP contribution in [0.3, 0.4) is 0 Å². The summed E-state index contributed by atoms with van der Waals surface area (Å²) < 4.78 is 5.51. The summed E-state index contributed by atoms with van der Waals surface area (Å²) >= 11 is 0. The molecule has 0 aliphatic carbocycles. The van der Waals surface area contributed by atoms with Crippen LogP contribution < -0.4 is 5.32 Å². The first-order valence-corrected chi connectivity index (χ1v) is 6.62. The number of benzene rings is 1. The first-order valence-electron chi connectivity index (χ1n) is 6.62. The molecule has 0 amide bonds. The highest BCUT2D eigenvalue weighted by Gasteiger charge is 2.33. The van der Waals surface area contributed by atoms with E-state index in [2.05, 4.69) is 36.5 Å². The second-order valence-corrected chi connectivity index (χ2v) is 4.97. The number of hydrogen-bond acceptors (Lipinski definition) is 2. The van der Waals surface area contributed by atoms with Crippen molar-refractivity contribution in [2.45, 2.75) is 31.6 Å². The molecule has 0 radical (unpaired) electrons. The van der Waals surface area contributed by atoms with Gasteiger partial charge in [0.15, 0.2) is 0 Å². The lowest BCUT2D eigenvalue weighted by Gasteiger charge is -2.37. The Morgan fingerprint density at radius 1 is 1.18 bits per heavy atom. The molecule has 0 spiro atoms. The summed E-state index contributed by atoms with van der Waals surface area (Å²) in [5, 5.41) is 3.35. The summed E-state index contributed by atoms with van der Waals surface area (Å²) in [5.74, 6) is 0. The van der Waals surface area contributed by atoms with Gasteiger partial charge < -0.3 is 10.1 Å². The van der Waals surface area contributed by atoms with Crippen molar-refractivity contribution in [1.29, 1.82) is 0 Å². The fraction of sp³-hybridized carbons (Fsp3) is 0.600.